The third kappa shape index (κ3) is 4.40. The van der Waals surface area contributed by atoms with Gasteiger partial charge >= 0.3 is 0 Å². The van der Waals surface area contributed by atoms with Crippen LogP contribution in [0.25, 0.3) is 0 Å². The van der Waals surface area contributed by atoms with Crippen molar-refractivity contribution in [3.8, 4) is 0 Å². The van der Waals surface area contributed by atoms with Crippen LogP contribution >= 0.6 is 0 Å². The van der Waals surface area contributed by atoms with E-state index in [1.54, 1.807) is 0 Å². The van der Waals surface area contributed by atoms with E-state index in [4.69, 9.17) is 4.74 Å². The van der Waals surface area contributed by atoms with Crippen LogP contribution < -0.4 is 5.32 Å². The number of likely N-dealkylation sites (N-methyl/N-ethyl adjacent to an activating group) is 1. The summed E-state index contributed by atoms with van der Waals surface area (Å²) in [4.78, 5) is 2.48. The van der Waals surface area contributed by atoms with Crippen molar-refractivity contribution in [3.05, 3.63) is 0 Å². The average molecular weight is 226 g/mol. The Balaban J connectivity index is 1.37. The minimum atomic E-state index is 0.566. The van der Waals surface area contributed by atoms with Crippen molar-refractivity contribution in [2.24, 2.45) is 0 Å². The molecule has 1 heterocycles. The molecule has 2 aliphatic rings. The molecule has 1 N–H and O–H groups in total. The zero-order chi connectivity index (χ0) is 11.2. The highest BCUT2D eigenvalue weighted by molar-refractivity contribution is 4.82. The SMILES string of the molecule is CN(CCNCCCC1CCCO1)C1CC1. The third-order valence-corrected chi connectivity index (χ3v) is 3.72. The van der Waals surface area contributed by atoms with Gasteiger partial charge in [0.05, 0.1) is 6.10 Å². The van der Waals surface area contributed by atoms with E-state index in [0.29, 0.717) is 6.10 Å². The largest absolute Gasteiger partial charge is 0.378 e. The van der Waals surface area contributed by atoms with Crippen LogP contribution in [0.5, 0.6) is 0 Å². The Hall–Kier alpha value is -0.120. The lowest BCUT2D eigenvalue weighted by Crippen LogP contribution is -2.31. The monoisotopic (exact) mass is 226 g/mol. The van der Waals surface area contributed by atoms with Crippen LogP contribution in [0.2, 0.25) is 0 Å². The molecule has 0 amide bonds. The molecule has 1 saturated carbocycles. The fraction of sp³-hybridized carbons (Fsp3) is 1.00. The van der Waals surface area contributed by atoms with Crippen molar-refractivity contribution in [2.75, 3.05) is 33.3 Å². The predicted octanol–water partition coefficient (Wildman–Crippen LogP) is 1.63. The lowest BCUT2D eigenvalue weighted by molar-refractivity contribution is 0.102. The highest BCUT2D eigenvalue weighted by Crippen LogP contribution is 2.24. The highest BCUT2D eigenvalue weighted by atomic mass is 16.5. The summed E-state index contributed by atoms with van der Waals surface area (Å²) in [6.45, 7) is 4.48. The molecule has 1 unspecified atom stereocenters. The van der Waals surface area contributed by atoms with Crippen LogP contribution in [0.4, 0.5) is 0 Å². The third-order valence-electron chi connectivity index (χ3n) is 3.72. The van der Waals surface area contributed by atoms with Gasteiger partial charge in [-0.05, 0) is 52.1 Å². The van der Waals surface area contributed by atoms with Crippen molar-refractivity contribution in [3.63, 3.8) is 0 Å². The van der Waals surface area contributed by atoms with Crippen LogP contribution in [-0.2, 0) is 4.74 Å². The van der Waals surface area contributed by atoms with Gasteiger partial charge in [0, 0.05) is 25.7 Å². The Kier molecular flexibility index (Phi) is 5.07. The first-order valence-electron chi connectivity index (χ1n) is 6.89. The molecule has 0 aromatic carbocycles. The number of nitrogens with one attached hydrogen (secondary N) is 1. The van der Waals surface area contributed by atoms with Crippen LogP contribution in [0.1, 0.15) is 38.5 Å². The van der Waals surface area contributed by atoms with E-state index in [2.05, 4.69) is 17.3 Å². The standard InChI is InChI=1S/C13H26N2O/c1-15(12-6-7-12)10-9-14-8-2-4-13-5-3-11-16-13/h12-14H,2-11H2,1H3. The smallest absolute Gasteiger partial charge is 0.0576 e. The molecule has 0 bridgehead atoms. The first-order chi connectivity index (χ1) is 7.86. The maximum Gasteiger partial charge on any atom is 0.0576 e. The second-order valence-electron chi connectivity index (χ2n) is 5.24. The molecule has 1 aliphatic carbocycles. The Bertz CT molecular complexity index is 182. The Morgan fingerprint density at radius 3 is 2.81 bits per heavy atom. The van der Waals surface area contributed by atoms with E-state index in [1.165, 1.54) is 45.1 Å². The van der Waals surface area contributed by atoms with Crippen LogP contribution in [0.3, 0.4) is 0 Å². The van der Waals surface area contributed by atoms with Gasteiger partial charge in [0.2, 0.25) is 0 Å². The fourth-order valence-electron chi connectivity index (χ4n) is 2.41. The lowest BCUT2D eigenvalue weighted by atomic mass is 10.1. The first kappa shape index (κ1) is 12.3. The summed E-state index contributed by atoms with van der Waals surface area (Å²) in [5.41, 5.74) is 0. The molecule has 94 valence electrons. The summed E-state index contributed by atoms with van der Waals surface area (Å²) in [5.74, 6) is 0. The molecule has 1 aliphatic heterocycles. The number of nitrogens with zero attached hydrogens (tertiary/aromatic N) is 1. The van der Waals surface area contributed by atoms with Crippen molar-refractivity contribution in [1.82, 2.24) is 10.2 Å². The van der Waals surface area contributed by atoms with E-state index in [-0.39, 0.29) is 0 Å². The Morgan fingerprint density at radius 2 is 2.12 bits per heavy atom. The molecule has 16 heavy (non-hydrogen) atoms. The van der Waals surface area contributed by atoms with Gasteiger partial charge in [0.25, 0.3) is 0 Å². The fourth-order valence-corrected chi connectivity index (χ4v) is 2.41. The molecular weight excluding hydrogens is 200 g/mol. The van der Waals surface area contributed by atoms with Crippen molar-refractivity contribution in [2.45, 2.75) is 50.7 Å². The van der Waals surface area contributed by atoms with Crippen LogP contribution in [0.15, 0.2) is 0 Å². The maximum atomic E-state index is 5.60. The number of hydrogen-bond acceptors (Lipinski definition) is 3. The summed E-state index contributed by atoms with van der Waals surface area (Å²) in [5, 5.41) is 3.53. The average Bonchev–Trinajstić information content (AvgIpc) is 3.02. The van der Waals surface area contributed by atoms with Gasteiger partial charge in [-0.25, -0.2) is 0 Å². The Labute approximate surface area is 99.5 Å². The van der Waals surface area contributed by atoms with Gasteiger partial charge in [0.1, 0.15) is 0 Å². The van der Waals surface area contributed by atoms with Gasteiger partial charge in [0.15, 0.2) is 0 Å². The topological polar surface area (TPSA) is 24.5 Å². The second kappa shape index (κ2) is 6.58. The molecule has 3 nitrogen and oxygen atoms in total. The maximum absolute atomic E-state index is 5.60. The molecule has 2 rings (SSSR count). The molecule has 0 aromatic rings. The number of hydrogen-bond donors (Lipinski definition) is 1. The van der Waals surface area contributed by atoms with E-state index in [0.717, 1.165) is 25.7 Å². The summed E-state index contributed by atoms with van der Waals surface area (Å²) < 4.78 is 5.60. The van der Waals surface area contributed by atoms with Gasteiger partial charge in [-0.2, -0.15) is 0 Å². The van der Waals surface area contributed by atoms with Crippen molar-refractivity contribution < 1.29 is 4.74 Å². The zero-order valence-electron chi connectivity index (χ0n) is 10.6. The molecule has 3 heteroatoms. The predicted molar refractivity (Wildman–Crippen MR) is 66.7 cm³/mol. The van der Waals surface area contributed by atoms with E-state index in [1.807, 2.05) is 0 Å². The number of ether oxygens (including phenoxy) is 1. The summed E-state index contributed by atoms with van der Waals surface area (Å²) in [6, 6.07) is 0.897. The minimum absolute atomic E-state index is 0.566. The minimum Gasteiger partial charge on any atom is -0.378 e. The van der Waals surface area contributed by atoms with Crippen molar-refractivity contribution >= 4 is 0 Å². The first-order valence-corrected chi connectivity index (χ1v) is 6.89. The van der Waals surface area contributed by atoms with Gasteiger partial charge < -0.3 is 15.0 Å². The molecule has 1 saturated heterocycles. The molecule has 0 radical (unpaired) electrons. The Morgan fingerprint density at radius 1 is 1.25 bits per heavy atom. The molecule has 0 spiro atoms. The van der Waals surface area contributed by atoms with Gasteiger partial charge in [-0.15, -0.1) is 0 Å². The molecule has 1 atom stereocenters. The van der Waals surface area contributed by atoms with Gasteiger partial charge in [-0.1, -0.05) is 0 Å². The molecule has 2 fully saturated rings. The zero-order valence-corrected chi connectivity index (χ0v) is 10.6. The second-order valence-corrected chi connectivity index (χ2v) is 5.24. The summed E-state index contributed by atoms with van der Waals surface area (Å²) in [6.07, 6.45) is 8.44. The normalized spacial score (nSPS) is 25.5. The quantitative estimate of drug-likeness (QED) is 0.637. The molecule has 0 aromatic heterocycles. The summed E-state index contributed by atoms with van der Waals surface area (Å²) in [7, 11) is 2.24. The van der Waals surface area contributed by atoms with E-state index in [9.17, 15) is 0 Å². The highest BCUT2D eigenvalue weighted by Gasteiger charge is 2.25. The number of rotatable bonds is 8. The molecular formula is C13H26N2O. The van der Waals surface area contributed by atoms with Gasteiger partial charge in [-0.3, -0.25) is 0 Å². The van der Waals surface area contributed by atoms with Crippen molar-refractivity contribution in [1.29, 1.82) is 0 Å². The van der Waals surface area contributed by atoms with E-state index < -0.39 is 0 Å². The lowest BCUT2D eigenvalue weighted by Gasteiger charge is -2.16. The summed E-state index contributed by atoms with van der Waals surface area (Å²) >= 11 is 0. The van der Waals surface area contributed by atoms with E-state index >= 15 is 0 Å². The van der Waals surface area contributed by atoms with Crippen LogP contribution in [-0.4, -0.2) is 50.3 Å². The van der Waals surface area contributed by atoms with Crippen LogP contribution in [0, 0.1) is 0 Å².